The van der Waals surface area contributed by atoms with E-state index in [1.54, 1.807) is 0 Å². The Morgan fingerprint density at radius 3 is 2.47 bits per heavy atom. The van der Waals surface area contributed by atoms with Gasteiger partial charge in [-0.2, -0.15) is 0 Å². The van der Waals surface area contributed by atoms with E-state index in [4.69, 9.17) is 10.8 Å². The lowest BCUT2D eigenvalue weighted by atomic mass is 10.0. The molecular formula is C20H18F3N3O4. The van der Waals surface area contributed by atoms with Gasteiger partial charge in [0.25, 0.3) is 5.91 Å². The number of hydrogen-bond acceptors (Lipinski definition) is 4. The molecule has 0 aliphatic rings. The zero-order chi connectivity index (χ0) is 21.8. The van der Waals surface area contributed by atoms with E-state index in [2.05, 4.69) is 15.0 Å². The summed E-state index contributed by atoms with van der Waals surface area (Å²) < 4.78 is 45.8. The van der Waals surface area contributed by atoms with Crippen molar-refractivity contribution in [1.82, 2.24) is 10.3 Å². The molecule has 1 heterocycles. The highest BCUT2D eigenvalue weighted by atomic mass is 19.1. The van der Waals surface area contributed by atoms with Crippen molar-refractivity contribution >= 4 is 22.9 Å². The molecule has 3 rings (SSSR count). The van der Waals surface area contributed by atoms with Crippen LogP contribution in [-0.4, -0.2) is 41.3 Å². The fourth-order valence-electron chi connectivity index (χ4n) is 3.13. The summed E-state index contributed by atoms with van der Waals surface area (Å²) in [5.74, 6) is -2.80. The van der Waals surface area contributed by atoms with E-state index in [0.29, 0.717) is 16.8 Å². The van der Waals surface area contributed by atoms with Crippen LogP contribution in [0.3, 0.4) is 0 Å². The summed E-state index contributed by atoms with van der Waals surface area (Å²) in [6.07, 6.45) is -2.56. The second-order valence-corrected chi connectivity index (χ2v) is 6.44. The van der Waals surface area contributed by atoms with Crippen LogP contribution in [0.1, 0.15) is 5.56 Å². The molecule has 5 N–H and O–H groups in total. The molecule has 7 nitrogen and oxygen atoms in total. The molecule has 0 aliphatic carbocycles. The van der Waals surface area contributed by atoms with Crippen LogP contribution in [0.5, 0.6) is 0 Å². The molecule has 3 aromatic rings. The van der Waals surface area contributed by atoms with Crippen LogP contribution in [0.15, 0.2) is 36.4 Å². The predicted molar refractivity (Wildman–Crippen MR) is 102 cm³/mol. The third-order valence-corrected chi connectivity index (χ3v) is 4.46. The van der Waals surface area contributed by atoms with Crippen molar-refractivity contribution in [2.75, 3.05) is 13.2 Å². The zero-order valence-electron chi connectivity index (χ0n) is 15.5. The Kier molecular flexibility index (Phi) is 6.26. The molecule has 0 spiro atoms. The number of aliphatic hydroxyl groups is 1. The molecule has 158 valence electrons. The Balaban J connectivity index is 1.90. The van der Waals surface area contributed by atoms with Gasteiger partial charge in [-0.05, 0) is 47.9 Å². The lowest BCUT2D eigenvalue weighted by molar-refractivity contribution is -0.131. The van der Waals surface area contributed by atoms with Gasteiger partial charge in [0.05, 0.1) is 12.1 Å². The summed E-state index contributed by atoms with van der Waals surface area (Å²) in [5, 5.41) is 11.9. The van der Waals surface area contributed by atoms with E-state index in [0.717, 1.165) is 12.1 Å². The lowest BCUT2D eigenvalue weighted by Gasteiger charge is -2.14. The molecule has 2 aromatic carbocycles. The number of hydrogen-bond donors (Lipinski definition) is 4. The number of H-pyrrole nitrogens is 1. The Labute approximate surface area is 168 Å². The van der Waals surface area contributed by atoms with E-state index < -0.39 is 42.2 Å². The summed E-state index contributed by atoms with van der Waals surface area (Å²) in [6.45, 7) is -0.768. The highest BCUT2D eigenvalue weighted by Gasteiger charge is 2.22. The van der Waals surface area contributed by atoms with Gasteiger partial charge in [-0.25, -0.2) is 18.0 Å². The molecule has 0 bridgehead atoms. The molecular weight excluding hydrogens is 403 g/mol. The number of primary amides is 1. The first-order valence-corrected chi connectivity index (χ1v) is 8.90. The third kappa shape index (κ3) is 4.54. The number of amides is 2. The molecule has 1 atom stereocenters. The minimum Gasteiger partial charge on any atom is -0.434 e. The van der Waals surface area contributed by atoms with Gasteiger partial charge >= 0.3 is 6.09 Å². The standard InChI is InChI=1S/C20H18F3N3O4/c21-11-3-1-10(2-4-11)17-13(14-7-12(22)8-15(23)18(14)26-17)5-6-25-19(28)16(9-27)30-20(24)29/h1-4,7-8,16,26-27H,5-6,9H2,(H2,24,29)(H,25,28)/t16-/m1/s1. The number of rotatable bonds is 7. The van der Waals surface area contributed by atoms with Crippen molar-refractivity contribution in [1.29, 1.82) is 0 Å². The van der Waals surface area contributed by atoms with Crippen LogP contribution in [0, 0.1) is 17.5 Å². The summed E-state index contributed by atoms with van der Waals surface area (Å²) in [4.78, 5) is 25.7. The highest BCUT2D eigenvalue weighted by molar-refractivity contribution is 5.91. The highest BCUT2D eigenvalue weighted by Crippen LogP contribution is 2.32. The molecule has 30 heavy (non-hydrogen) atoms. The predicted octanol–water partition coefficient (Wildman–Crippen LogP) is 2.37. The summed E-state index contributed by atoms with van der Waals surface area (Å²) in [7, 11) is 0. The minimum absolute atomic E-state index is 0.00324. The van der Waals surface area contributed by atoms with E-state index in [9.17, 15) is 22.8 Å². The van der Waals surface area contributed by atoms with Crippen molar-refractivity contribution in [3.8, 4) is 11.3 Å². The van der Waals surface area contributed by atoms with Crippen molar-refractivity contribution in [2.24, 2.45) is 5.73 Å². The Hall–Kier alpha value is -3.53. The molecule has 2 amide bonds. The molecule has 1 aromatic heterocycles. The number of benzene rings is 2. The number of carbonyl (C=O) groups is 2. The van der Waals surface area contributed by atoms with E-state index in [1.165, 1.54) is 24.3 Å². The van der Waals surface area contributed by atoms with Crippen molar-refractivity contribution in [2.45, 2.75) is 12.5 Å². The van der Waals surface area contributed by atoms with Gasteiger partial charge in [-0.15, -0.1) is 0 Å². The number of carbonyl (C=O) groups excluding carboxylic acids is 2. The topological polar surface area (TPSA) is 117 Å². The van der Waals surface area contributed by atoms with Crippen LogP contribution >= 0.6 is 0 Å². The van der Waals surface area contributed by atoms with Gasteiger partial charge in [0.2, 0.25) is 6.10 Å². The maximum atomic E-state index is 14.3. The zero-order valence-corrected chi connectivity index (χ0v) is 15.5. The average Bonchev–Trinajstić information content (AvgIpc) is 3.05. The molecule has 0 saturated carbocycles. The first-order valence-electron chi connectivity index (χ1n) is 8.90. The average molecular weight is 421 g/mol. The monoisotopic (exact) mass is 421 g/mol. The van der Waals surface area contributed by atoms with Gasteiger partial charge in [0, 0.05) is 23.7 Å². The number of aliphatic hydroxyl groups excluding tert-OH is 1. The van der Waals surface area contributed by atoms with Gasteiger partial charge in [-0.3, -0.25) is 4.79 Å². The van der Waals surface area contributed by atoms with E-state index in [1.807, 2.05) is 0 Å². The largest absolute Gasteiger partial charge is 0.434 e. The number of nitrogens with two attached hydrogens (primary N) is 1. The quantitative estimate of drug-likeness (QED) is 0.469. The van der Waals surface area contributed by atoms with E-state index >= 15 is 0 Å². The fourth-order valence-corrected chi connectivity index (χ4v) is 3.13. The van der Waals surface area contributed by atoms with Gasteiger partial charge < -0.3 is 25.9 Å². The molecule has 0 saturated heterocycles. The summed E-state index contributed by atoms with van der Waals surface area (Å²) in [5.41, 5.74) is 6.39. The van der Waals surface area contributed by atoms with Gasteiger partial charge in [0.1, 0.15) is 17.5 Å². The van der Waals surface area contributed by atoms with Gasteiger partial charge in [-0.1, -0.05) is 0 Å². The Morgan fingerprint density at radius 2 is 1.83 bits per heavy atom. The maximum Gasteiger partial charge on any atom is 0.405 e. The third-order valence-electron chi connectivity index (χ3n) is 4.46. The summed E-state index contributed by atoms with van der Waals surface area (Å²) in [6, 6.07) is 7.34. The smallest absolute Gasteiger partial charge is 0.405 e. The van der Waals surface area contributed by atoms with Crippen molar-refractivity contribution in [3.05, 3.63) is 59.4 Å². The number of aromatic nitrogens is 1. The summed E-state index contributed by atoms with van der Waals surface area (Å²) >= 11 is 0. The lowest BCUT2D eigenvalue weighted by Crippen LogP contribution is -2.41. The minimum atomic E-state index is -1.48. The maximum absolute atomic E-state index is 14.3. The SMILES string of the molecule is NC(=O)O[C@H](CO)C(=O)NCCc1c(-c2ccc(F)cc2)[nH]c2c(F)cc(F)cc12. The number of nitrogens with one attached hydrogen (secondary N) is 2. The van der Waals surface area contributed by atoms with Crippen LogP contribution in [-0.2, 0) is 16.0 Å². The first-order chi connectivity index (χ1) is 14.3. The number of aromatic amines is 1. The van der Waals surface area contributed by atoms with Crippen molar-refractivity contribution in [3.63, 3.8) is 0 Å². The molecule has 10 heteroatoms. The molecule has 0 aliphatic heterocycles. The van der Waals surface area contributed by atoms with Crippen LogP contribution in [0.2, 0.25) is 0 Å². The second kappa shape index (κ2) is 8.87. The molecule has 0 unspecified atom stereocenters. The number of fused-ring (bicyclic) bond motifs is 1. The fraction of sp³-hybridized carbons (Fsp3) is 0.200. The van der Waals surface area contributed by atoms with Crippen LogP contribution in [0.4, 0.5) is 18.0 Å². The van der Waals surface area contributed by atoms with E-state index in [-0.39, 0.29) is 23.9 Å². The number of ether oxygens (including phenoxy) is 1. The van der Waals surface area contributed by atoms with Crippen LogP contribution < -0.4 is 11.1 Å². The second-order valence-electron chi connectivity index (χ2n) is 6.44. The number of halogens is 3. The van der Waals surface area contributed by atoms with Crippen LogP contribution in [0.25, 0.3) is 22.2 Å². The van der Waals surface area contributed by atoms with Crippen molar-refractivity contribution < 1.29 is 32.6 Å². The normalized spacial score (nSPS) is 12.0. The Morgan fingerprint density at radius 1 is 1.13 bits per heavy atom. The Bertz CT molecular complexity index is 1080. The molecule has 0 radical (unpaired) electrons. The first kappa shape index (κ1) is 21.2. The van der Waals surface area contributed by atoms with Gasteiger partial charge in [0.15, 0.2) is 0 Å². The molecule has 0 fully saturated rings.